The zero-order valence-electron chi connectivity index (χ0n) is 13.3. The molecule has 1 amide bonds. The van der Waals surface area contributed by atoms with Crippen LogP contribution in [-0.2, 0) is 0 Å². The quantitative estimate of drug-likeness (QED) is 0.859. The fourth-order valence-corrected chi connectivity index (χ4v) is 1.92. The summed E-state index contributed by atoms with van der Waals surface area (Å²) in [6.07, 6.45) is 1.61. The summed E-state index contributed by atoms with van der Waals surface area (Å²) >= 11 is 0. The van der Waals surface area contributed by atoms with Gasteiger partial charge in [-0.15, -0.1) is 0 Å². The van der Waals surface area contributed by atoms with Crippen molar-refractivity contribution in [2.24, 2.45) is 0 Å². The number of nitrogens with zero attached hydrogens (tertiary/aromatic N) is 2. The topological polar surface area (TPSA) is 64.1 Å². The molecule has 0 radical (unpaired) electrons. The first-order valence-corrected chi connectivity index (χ1v) is 7.38. The molecular formula is C17H21N3O2. The Morgan fingerprint density at radius 2 is 1.77 bits per heavy atom. The largest absolute Gasteiger partial charge is 0.376 e. The van der Waals surface area contributed by atoms with Gasteiger partial charge in [0.2, 0.25) is 0 Å². The number of rotatable bonds is 5. The average molecular weight is 299 g/mol. The summed E-state index contributed by atoms with van der Waals surface area (Å²) in [5, 5.41) is 0. The van der Waals surface area contributed by atoms with Gasteiger partial charge in [0.05, 0.1) is 11.9 Å². The highest BCUT2D eigenvalue weighted by Crippen LogP contribution is 2.24. The molecule has 0 aliphatic rings. The monoisotopic (exact) mass is 299 g/mol. The van der Waals surface area contributed by atoms with Gasteiger partial charge in [-0.1, -0.05) is 45.9 Å². The molecule has 116 valence electrons. The van der Waals surface area contributed by atoms with E-state index in [0.29, 0.717) is 11.3 Å². The van der Waals surface area contributed by atoms with E-state index >= 15 is 0 Å². The highest BCUT2D eigenvalue weighted by atomic mass is 16.7. The summed E-state index contributed by atoms with van der Waals surface area (Å²) in [5.74, 6) is 1.35. The van der Waals surface area contributed by atoms with Crippen LogP contribution in [0.4, 0.5) is 0 Å². The molecule has 1 aromatic carbocycles. The van der Waals surface area contributed by atoms with Crippen molar-refractivity contribution in [3.8, 4) is 5.75 Å². The zero-order chi connectivity index (χ0) is 16.1. The molecule has 5 nitrogen and oxygen atoms in total. The Morgan fingerprint density at radius 3 is 2.36 bits per heavy atom. The molecule has 5 heteroatoms. The lowest BCUT2D eigenvalue weighted by atomic mass is 10.1. The molecule has 0 bridgehead atoms. The van der Waals surface area contributed by atoms with E-state index in [0.717, 1.165) is 11.5 Å². The molecule has 0 aliphatic heterocycles. The van der Waals surface area contributed by atoms with Crippen LogP contribution in [0.1, 0.15) is 61.4 Å². The van der Waals surface area contributed by atoms with E-state index in [1.165, 1.54) is 0 Å². The number of aromatic nitrogens is 2. The van der Waals surface area contributed by atoms with Gasteiger partial charge in [-0.05, 0) is 18.1 Å². The predicted molar refractivity (Wildman–Crippen MR) is 84.7 cm³/mol. The van der Waals surface area contributed by atoms with Crippen molar-refractivity contribution in [3.63, 3.8) is 0 Å². The Hall–Kier alpha value is -2.43. The highest BCUT2D eigenvalue weighted by molar-refractivity contribution is 5.93. The summed E-state index contributed by atoms with van der Waals surface area (Å²) in [7, 11) is 0. The number of amides is 1. The Morgan fingerprint density at radius 1 is 1.09 bits per heavy atom. The minimum Gasteiger partial charge on any atom is -0.376 e. The smallest absolute Gasteiger partial charge is 0.283 e. The SMILES string of the molecule is CC(C)c1ncc(ONC(=O)c2ccccc2)c(C(C)C)n1. The fraction of sp³-hybridized carbons (Fsp3) is 0.353. The van der Waals surface area contributed by atoms with Gasteiger partial charge in [-0.25, -0.2) is 9.97 Å². The summed E-state index contributed by atoms with van der Waals surface area (Å²) in [5.41, 5.74) is 3.76. The number of hydrogen-bond donors (Lipinski definition) is 1. The summed E-state index contributed by atoms with van der Waals surface area (Å²) in [4.78, 5) is 26.2. The van der Waals surface area contributed by atoms with E-state index < -0.39 is 0 Å². The van der Waals surface area contributed by atoms with Crippen LogP contribution in [0, 0.1) is 0 Å². The molecule has 0 unspecified atom stereocenters. The second-order valence-corrected chi connectivity index (χ2v) is 5.69. The van der Waals surface area contributed by atoms with Gasteiger partial charge in [0.1, 0.15) is 5.82 Å². The summed E-state index contributed by atoms with van der Waals surface area (Å²) < 4.78 is 0. The highest BCUT2D eigenvalue weighted by Gasteiger charge is 2.15. The van der Waals surface area contributed by atoms with Gasteiger partial charge >= 0.3 is 0 Å². The minimum absolute atomic E-state index is 0.170. The summed E-state index contributed by atoms with van der Waals surface area (Å²) in [6, 6.07) is 8.90. The van der Waals surface area contributed by atoms with E-state index in [1.807, 2.05) is 33.8 Å². The van der Waals surface area contributed by atoms with E-state index in [1.54, 1.807) is 30.5 Å². The number of benzene rings is 1. The van der Waals surface area contributed by atoms with Crippen LogP contribution in [-0.4, -0.2) is 15.9 Å². The van der Waals surface area contributed by atoms with Gasteiger partial charge < -0.3 is 4.84 Å². The standard InChI is InChI=1S/C17H21N3O2/c1-11(2)15-14(10-18-16(19-15)12(3)4)22-20-17(21)13-8-6-5-7-9-13/h5-12H,1-4H3,(H,20,21). The summed E-state index contributed by atoms with van der Waals surface area (Å²) in [6.45, 7) is 8.13. The van der Waals surface area contributed by atoms with E-state index in [-0.39, 0.29) is 17.7 Å². The molecule has 0 atom stereocenters. The van der Waals surface area contributed by atoms with E-state index in [4.69, 9.17) is 4.84 Å². The van der Waals surface area contributed by atoms with Crippen molar-refractivity contribution >= 4 is 5.91 Å². The third-order valence-electron chi connectivity index (χ3n) is 3.15. The number of carbonyl (C=O) groups is 1. The average Bonchev–Trinajstić information content (AvgIpc) is 2.53. The van der Waals surface area contributed by atoms with Crippen LogP contribution in [0.3, 0.4) is 0 Å². The molecule has 22 heavy (non-hydrogen) atoms. The Balaban J connectivity index is 2.14. The molecular weight excluding hydrogens is 278 g/mol. The normalized spacial score (nSPS) is 10.8. The van der Waals surface area contributed by atoms with Crippen LogP contribution >= 0.6 is 0 Å². The Kier molecular flexibility index (Phi) is 5.09. The lowest BCUT2D eigenvalue weighted by molar-refractivity contribution is 0.0755. The predicted octanol–water partition coefficient (Wildman–Crippen LogP) is 3.45. The van der Waals surface area contributed by atoms with Gasteiger partial charge in [0.25, 0.3) is 5.91 Å². The molecule has 1 aromatic heterocycles. The van der Waals surface area contributed by atoms with Gasteiger partial charge in [-0.2, -0.15) is 5.48 Å². The van der Waals surface area contributed by atoms with Crippen LogP contribution in [0.15, 0.2) is 36.5 Å². The molecule has 0 aliphatic carbocycles. The van der Waals surface area contributed by atoms with Gasteiger partial charge in [0.15, 0.2) is 5.75 Å². The molecule has 0 saturated heterocycles. The van der Waals surface area contributed by atoms with Crippen LogP contribution in [0.5, 0.6) is 5.75 Å². The third-order valence-corrected chi connectivity index (χ3v) is 3.15. The number of nitrogens with one attached hydrogen (secondary N) is 1. The van der Waals surface area contributed by atoms with E-state index in [2.05, 4.69) is 15.4 Å². The van der Waals surface area contributed by atoms with Crippen molar-refractivity contribution in [1.29, 1.82) is 0 Å². The number of hydrogen-bond acceptors (Lipinski definition) is 4. The van der Waals surface area contributed by atoms with Gasteiger partial charge in [0, 0.05) is 11.5 Å². The molecule has 0 fully saturated rings. The molecule has 1 N–H and O–H groups in total. The minimum atomic E-state index is -0.303. The maximum absolute atomic E-state index is 12.0. The first-order valence-electron chi connectivity index (χ1n) is 7.38. The number of carbonyl (C=O) groups excluding carboxylic acids is 1. The molecule has 2 aromatic rings. The molecule has 2 rings (SSSR count). The first-order chi connectivity index (χ1) is 10.5. The number of hydroxylamine groups is 1. The molecule has 1 heterocycles. The van der Waals surface area contributed by atoms with Crippen LogP contribution in [0.25, 0.3) is 0 Å². The van der Waals surface area contributed by atoms with Crippen molar-refractivity contribution in [1.82, 2.24) is 15.4 Å². The first kappa shape index (κ1) is 15.9. The van der Waals surface area contributed by atoms with Crippen LogP contribution in [0.2, 0.25) is 0 Å². The van der Waals surface area contributed by atoms with Crippen molar-refractivity contribution in [3.05, 3.63) is 53.6 Å². The maximum Gasteiger partial charge on any atom is 0.283 e. The van der Waals surface area contributed by atoms with E-state index in [9.17, 15) is 4.79 Å². The third kappa shape index (κ3) is 3.81. The van der Waals surface area contributed by atoms with Crippen molar-refractivity contribution in [2.75, 3.05) is 0 Å². The maximum atomic E-state index is 12.0. The molecule has 0 spiro atoms. The fourth-order valence-electron chi connectivity index (χ4n) is 1.92. The lowest BCUT2D eigenvalue weighted by Crippen LogP contribution is -2.27. The van der Waals surface area contributed by atoms with Gasteiger partial charge in [-0.3, -0.25) is 4.79 Å². The van der Waals surface area contributed by atoms with Crippen LogP contribution < -0.4 is 10.3 Å². The lowest BCUT2D eigenvalue weighted by Gasteiger charge is -2.14. The zero-order valence-corrected chi connectivity index (χ0v) is 13.3. The van der Waals surface area contributed by atoms with Crippen molar-refractivity contribution in [2.45, 2.75) is 39.5 Å². The second-order valence-electron chi connectivity index (χ2n) is 5.69. The second kappa shape index (κ2) is 7.02. The molecule has 0 saturated carbocycles. The Bertz CT molecular complexity index is 640. The Labute approximate surface area is 130 Å². The van der Waals surface area contributed by atoms with Crippen molar-refractivity contribution < 1.29 is 9.63 Å².